The maximum absolute atomic E-state index is 13.7. The summed E-state index contributed by atoms with van der Waals surface area (Å²) in [6.07, 6.45) is -5.05. The molecule has 0 unspecified atom stereocenters. The van der Waals surface area contributed by atoms with Crippen LogP contribution in [0.4, 0.5) is 13.2 Å². The van der Waals surface area contributed by atoms with E-state index >= 15 is 0 Å². The van der Waals surface area contributed by atoms with Crippen molar-refractivity contribution in [3.05, 3.63) is 107 Å². The Kier molecular flexibility index (Phi) is 7.99. The molecule has 3 aromatic rings. The van der Waals surface area contributed by atoms with Crippen LogP contribution in [0, 0.1) is 13.8 Å². The molecule has 1 fully saturated rings. The van der Waals surface area contributed by atoms with Gasteiger partial charge in [-0.15, -0.1) is 0 Å². The normalized spacial score (nSPS) is 17.7. The van der Waals surface area contributed by atoms with Crippen molar-refractivity contribution in [2.24, 2.45) is 0 Å². The van der Waals surface area contributed by atoms with Crippen LogP contribution in [0.5, 0.6) is 0 Å². The van der Waals surface area contributed by atoms with Gasteiger partial charge in [-0.05, 0) is 44.4 Å². The quantitative estimate of drug-likeness (QED) is 0.388. The molecule has 1 heterocycles. The molecular formula is C30H29F3N2O3. The summed E-state index contributed by atoms with van der Waals surface area (Å²) in [5.74, 6) is -2.68. The van der Waals surface area contributed by atoms with Gasteiger partial charge in [0.25, 0.3) is 5.91 Å². The van der Waals surface area contributed by atoms with Crippen molar-refractivity contribution in [2.45, 2.75) is 51.5 Å². The van der Waals surface area contributed by atoms with E-state index in [0.717, 1.165) is 16.0 Å². The smallest absolute Gasteiger partial charge is 0.328 e. The number of Topliss-reactive ketones (excluding diaryl/α,β-unsaturated/α-hetero) is 1. The Morgan fingerprint density at radius 3 is 2.03 bits per heavy atom. The third-order valence-corrected chi connectivity index (χ3v) is 6.81. The fourth-order valence-corrected chi connectivity index (χ4v) is 5.09. The first-order valence-electron chi connectivity index (χ1n) is 12.4. The first-order chi connectivity index (χ1) is 18.0. The highest BCUT2D eigenvalue weighted by Gasteiger charge is 2.47. The Hall–Kier alpha value is -3.94. The van der Waals surface area contributed by atoms with Gasteiger partial charge < -0.3 is 9.80 Å². The standard InChI is InChI=1S/C30H29F3N2O3/c1-20-15-21(2)17-24(16-20)28(37)34-14-13-25(18-26(34)27(36)23-11-7-4-8-12-23)35(29(38)30(31,32)33)19-22-9-5-3-6-10-22/h3-12,15-17,25-26H,13-14,18-19H2,1-2H3/t25-,26-/m1/s1. The molecule has 5 nitrogen and oxygen atoms in total. The molecule has 2 atom stereocenters. The number of likely N-dealkylation sites (tertiary alicyclic amines) is 1. The minimum absolute atomic E-state index is 0.0379. The van der Waals surface area contributed by atoms with Gasteiger partial charge in [-0.3, -0.25) is 14.4 Å². The molecule has 0 spiro atoms. The molecule has 198 valence electrons. The largest absolute Gasteiger partial charge is 0.471 e. The van der Waals surface area contributed by atoms with Crippen LogP contribution in [-0.4, -0.2) is 52.2 Å². The van der Waals surface area contributed by atoms with Crippen molar-refractivity contribution >= 4 is 17.6 Å². The van der Waals surface area contributed by atoms with E-state index in [1.807, 2.05) is 19.9 Å². The fourth-order valence-electron chi connectivity index (χ4n) is 5.09. The monoisotopic (exact) mass is 522 g/mol. The van der Waals surface area contributed by atoms with E-state index in [1.54, 1.807) is 72.8 Å². The minimum atomic E-state index is -5.07. The maximum atomic E-state index is 13.7. The summed E-state index contributed by atoms with van der Waals surface area (Å²) < 4.78 is 41.0. The zero-order chi connectivity index (χ0) is 27.4. The Morgan fingerprint density at radius 1 is 0.868 bits per heavy atom. The average Bonchev–Trinajstić information content (AvgIpc) is 2.90. The lowest BCUT2D eigenvalue weighted by atomic mass is 9.89. The van der Waals surface area contributed by atoms with Crippen molar-refractivity contribution in [3.8, 4) is 0 Å². The van der Waals surface area contributed by atoms with Gasteiger partial charge in [0, 0.05) is 30.3 Å². The van der Waals surface area contributed by atoms with Gasteiger partial charge in [0.05, 0.1) is 6.04 Å². The zero-order valence-electron chi connectivity index (χ0n) is 21.2. The molecule has 0 bridgehead atoms. The van der Waals surface area contributed by atoms with E-state index in [0.29, 0.717) is 16.7 Å². The van der Waals surface area contributed by atoms with Gasteiger partial charge in [0.2, 0.25) is 0 Å². The highest BCUT2D eigenvalue weighted by Crippen LogP contribution is 2.31. The number of benzene rings is 3. The van der Waals surface area contributed by atoms with Gasteiger partial charge in [-0.25, -0.2) is 0 Å². The van der Waals surface area contributed by atoms with Gasteiger partial charge in [-0.1, -0.05) is 77.9 Å². The Labute approximate surface area is 219 Å². The number of hydrogen-bond acceptors (Lipinski definition) is 3. The topological polar surface area (TPSA) is 57.7 Å². The first-order valence-corrected chi connectivity index (χ1v) is 12.4. The van der Waals surface area contributed by atoms with Crippen LogP contribution < -0.4 is 0 Å². The van der Waals surface area contributed by atoms with E-state index in [9.17, 15) is 27.6 Å². The second-order valence-corrected chi connectivity index (χ2v) is 9.72. The highest BCUT2D eigenvalue weighted by atomic mass is 19.4. The van der Waals surface area contributed by atoms with Crippen molar-refractivity contribution in [1.82, 2.24) is 9.80 Å². The number of ketones is 1. The molecular weight excluding hydrogens is 493 g/mol. The predicted octanol–water partition coefficient (Wildman–Crippen LogP) is 5.75. The molecule has 0 aromatic heterocycles. The van der Waals surface area contributed by atoms with Crippen LogP contribution in [0.2, 0.25) is 0 Å². The van der Waals surface area contributed by atoms with Crippen LogP contribution in [0.1, 0.15) is 50.2 Å². The molecule has 1 saturated heterocycles. The SMILES string of the molecule is Cc1cc(C)cc(C(=O)N2CC[C@@H](N(Cc3ccccc3)C(=O)C(F)(F)F)C[C@@H]2C(=O)c2ccccc2)c1. The fraction of sp³-hybridized carbons (Fsp3) is 0.300. The second kappa shape index (κ2) is 11.2. The zero-order valence-corrected chi connectivity index (χ0v) is 21.2. The summed E-state index contributed by atoms with van der Waals surface area (Å²) in [6, 6.07) is 20.3. The first kappa shape index (κ1) is 27.1. The Bertz CT molecular complexity index is 1290. The number of amides is 2. The van der Waals surface area contributed by atoms with Crippen LogP contribution in [0.3, 0.4) is 0 Å². The van der Waals surface area contributed by atoms with Gasteiger partial charge in [0.15, 0.2) is 5.78 Å². The minimum Gasteiger partial charge on any atom is -0.328 e. The van der Waals surface area contributed by atoms with E-state index in [2.05, 4.69) is 0 Å². The Morgan fingerprint density at radius 2 is 1.45 bits per heavy atom. The lowest BCUT2D eigenvalue weighted by Crippen LogP contribution is -2.57. The molecule has 38 heavy (non-hydrogen) atoms. The van der Waals surface area contributed by atoms with E-state index in [-0.39, 0.29) is 37.6 Å². The molecule has 1 aliphatic rings. The lowest BCUT2D eigenvalue weighted by Gasteiger charge is -2.43. The summed E-state index contributed by atoms with van der Waals surface area (Å²) >= 11 is 0. The molecule has 0 radical (unpaired) electrons. The molecule has 4 rings (SSSR count). The van der Waals surface area contributed by atoms with Gasteiger partial charge in [-0.2, -0.15) is 13.2 Å². The number of halogens is 3. The van der Waals surface area contributed by atoms with Crippen molar-refractivity contribution < 1.29 is 27.6 Å². The number of carbonyl (C=O) groups is 3. The predicted molar refractivity (Wildman–Crippen MR) is 138 cm³/mol. The van der Waals surface area contributed by atoms with Crippen molar-refractivity contribution in [2.75, 3.05) is 6.54 Å². The molecule has 0 saturated carbocycles. The number of hydrogen-bond donors (Lipinski definition) is 0. The van der Waals surface area contributed by atoms with Crippen LogP contribution in [-0.2, 0) is 11.3 Å². The summed E-state index contributed by atoms with van der Waals surface area (Å²) in [5.41, 5.74) is 3.09. The maximum Gasteiger partial charge on any atom is 0.471 e. The summed E-state index contributed by atoms with van der Waals surface area (Å²) in [4.78, 5) is 42.1. The number of rotatable bonds is 6. The second-order valence-electron chi connectivity index (χ2n) is 9.72. The third-order valence-electron chi connectivity index (χ3n) is 6.81. The van der Waals surface area contributed by atoms with Crippen molar-refractivity contribution in [3.63, 3.8) is 0 Å². The van der Waals surface area contributed by atoms with E-state index in [1.165, 1.54) is 4.90 Å². The average molecular weight is 523 g/mol. The molecule has 0 aliphatic carbocycles. The molecule has 8 heteroatoms. The number of aryl methyl sites for hydroxylation is 2. The number of carbonyl (C=O) groups excluding carboxylic acids is 3. The number of alkyl halides is 3. The van der Waals surface area contributed by atoms with Gasteiger partial charge in [0.1, 0.15) is 0 Å². The Balaban J connectivity index is 1.70. The van der Waals surface area contributed by atoms with Crippen LogP contribution >= 0.6 is 0 Å². The van der Waals surface area contributed by atoms with E-state index in [4.69, 9.17) is 0 Å². The summed E-state index contributed by atoms with van der Waals surface area (Å²) in [5, 5.41) is 0. The molecule has 2 amide bonds. The molecule has 0 N–H and O–H groups in total. The number of nitrogens with zero attached hydrogens (tertiary/aromatic N) is 2. The third kappa shape index (κ3) is 6.13. The van der Waals surface area contributed by atoms with Gasteiger partial charge >= 0.3 is 12.1 Å². The van der Waals surface area contributed by atoms with E-state index < -0.39 is 24.2 Å². The summed E-state index contributed by atoms with van der Waals surface area (Å²) in [6.45, 7) is 3.52. The molecule has 3 aromatic carbocycles. The van der Waals surface area contributed by atoms with Crippen molar-refractivity contribution in [1.29, 1.82) is 0 Å². The number of piperidine rings is 1. The van der Waals surface area contributed by atoms with Crippen LogP contribution in [0.15, 0.2) is 78.9 Å². The summed E-state index contributed by atoms with van der Waals surface area (Å²) in [7, 11) is 0. The van der Waals surface area contributed by atoms with Crippen LogP contribution in [0.25, 0.3) is 0 Å². The molecule has 1 aliphatic heterocycles. The lowest BCUT2D eigenvalue weighted by molar-refractivity contribution is -0.189. The highest BCUT2D eigenvalue weighted by molar-refractivity contribution is 6.04.